The number of aryl methyl sites for hydroxylation is 2. The second kappa shape index (κ2) is 19.4. The fourth-order valence-electron chi connectivity index (χ4n) is 7.92. The van der Waals surface area contributed by atoms with Gasteiger partial charge >= 0.3 is 0 Å². The van der Waals surface area contributed by atoms with E-state index in [9.17, 15) is 14.3 Å². The molecule has 17 heteroatoms. The van der Waals surface area contributed by atoms with Crippen LogP contribution in [0.4, 0.5) is 10.1 Å². The van der Waals surface area contributed by atoms with Crippen LogP contribution in [-0.2, 0) is 17.9 Å². The van der Waals surface area contributed by atoms with Crippen molar-refractivity contribution in [2.75, 3.05) is 5.32 Å². The first-order valence-corrected chi connectivity index (χ1v) is 22.5. The number of carbonyl (C=O) groups excluding carboxylic acids is 1. The molecule has 1 amide bonds. The molecule has 2 N–H and O–H groups in total. The summed E-state index contributed by atoms with van der Waals surface area (Å²) in [6, 6.07) is 37.8. The Morgan fingerprint density at radius 3 is 1.78 bits per heavy atom. The summed E-state index contributed by atoms with van der Waals surface area (Å²) >= 11 is 31.0. The molecule has 0 aliphatic carbocycles. The van der Waals surface area contributed by atoms with Crippen LogP contribution in [0.1, 0.15) is 56.5 Å². The molecule has 67 heavy (non-hydrogen) atoms. The van der Waals surface area contributed by atoms with E-state index in [0.29, 0.717) is 72.0 Å². The number of benzene rings is 6. The van der Waals surface area contributed by atoms with E-state index < -0.39 is 12.1 Å². The van der Waals surface area contributed by atoms with Crippen molar-refractivity contribution in [1.82, 2.24) is 24.3 Å². The van der Waals surface area contributed by atoms with Gasteiger partial charge in [0.15, 0.2) is 5.82 Å². The van der Waals surface area contributed by atoms with E-state index >= 15 is 0 Å². The van der Waals surface area contributed by atoms with Crippen LogP contribution in [0, 0.1) is 19.7 Å². The highest BCUT2D eigenvalue weighted by molar-refractivity contribution is 6.37. The highest BCUT2D eigenvalue weighted by Crippen LogP contribution is 2.33. The molecule has 8 aromatic rings. The van der Waals surface area contributed by atoms with E-state index in [1.165, 1.54) is 6.07 Å². The van der Waals surface area contributed by atoms with E-state index in [1.807, 2.05) is 95.9 Å². The molecule has 0 saturated heterocycles. The van der Waals surface area contributed by atoms with Crippen LogP contribution < -0.4 is 5.32 Å². The monoisotopic (exact) mass is 987 g/mol. The first-order valence-electron chi connectivity index (χ1n) is 20.6. The van der Waals surface area contributed by atoms with Crippen molar-refractivity contribution in [3.05, 3.63) is 221 Å². The number of hydrogen-bond acceptors (Lipinski definition) is 8. The van der Waals surface area contributed by atoms with Crippen LogP contribution in [0.2, 0.25) is 25.1 Å². The van der Waals surface area contributed by atoms with Gasteiger partial charge in [-0.05, 0) is 92.7 Å². The number of halogens is 6. The lowest BCUT2D eigenvalue weighted by molar-refractivity contribution is -0.123. The van der Waals surface area contributed by atoms with Crippen molar-refractivity contribution in [3.63, 3.8) is 0 Å². The predicted octanol–water partition coefficient (Wildman–Crippen LogP) is 11.7. The van der Waals surface area contributed by atoms with Gasteiger partial charge in [0.2, 0.25) is 6.23 Å². The molecule has 334 valence electrons. The number of benzodiazepines with no additional fused rings is 1. The molecule has 6 aromatic carbocycles. The van der Waals surface area contributed by atoms with Gasteiger partial charge in [-0.3, -0.25) is 23.9 Å². The molecule has 1 atom stereocenters. The zero-order valence-corrected chi connectivity index (χ0v) is 39.2. The van der Waals surface area contributed by atoms with Crippen molar-refractivity contribution in [2.24, 2.45) is 15.0 Å². The number of anilines is 1. The van der Waals surface area contributed by atoms with Crippen molar-refractivity contribution in [1.29, 1.82) is 0 Å². The van der Waals surface area contributed by atoms with E-state index in [1.54, 1.807) is 54.6 Å². The third kappa shape index (κ3) is 9.29. The molecule has 1 unspecified atom stereocenters. The fourth-order valence-corrected chi connectivity index (χ4v) is 8.89. The molecule has 3 aliphatic heterocycles. The van der Waals surface area contributed by atoms with E-state index in [0.717, 1.165) is 56.9 Å². The van der Waals surface area contributed by atoms with Crippen LogP contribution in [0.5, 0.6) is 0 Å². The maximum atomic E-state index is 14.3. The first-order chi connectivity index (χ1) is 32.4. The van der Waals surface area contributed by atoms with Gasteiger partial charge in [-0.2, -0.15) is 0 Å². The Balaban J connectivity index is 0.000000126. The molecule has 3 aliphatic rings. The number of imidazole rings is 1. The van der Waals surface area contributed by atoms with E-state index in [-0.39, 0.29) is 5.82 Å². The molecular weight excluding hydrogens is 955 g/mol. The van der Waals surface area contributed by atoms with Gasteiger partial charge in [-0.15, -0.1) is 10.2 Å². The Morgan fingerprint density at radius 2 is 1.13 bits per heavy atom. The molecular formula is C50H35Cl5FN9O2. The molecule has 0 bridgehead atoms. The first kappa shape index (κ1) is 45.6. The van der Waals surface area contributed by atoms with E-state index in [4.69, 9.17) is 63.0 Å². The summed E-state index contributed by atoms with van der Waals surface area (Å²) in [4.78, 5) is 29.6. The maximum absolute atomic E-state index is 14.3. The Hall–Kier alpha value is -6.51. The number of rotatable bonds is 3. The Morgan fingerprint density at radius 1 is 0.597 bits per heavy atom. The summed E-state index contributed by atoms with van der Waals surface area (Å²) in [5.41, 5.74) is 9.56. The minimum Gasteiger partial charge on any atom is -0.364 e. The van der Waals surface area contributed by atoms with Gasteiger partial charge in [-0.25, -0.2) is 14.4 Å². The molecule has 0 fully saturated rings. The number of hydrogen-bond donors (Lipinski definition) is 2. The minimum absolute atomic E-state index is 0.293. The second-order valence-electron chi connectivity index (χ2n) is 15.3. The molecule has 0 radical (unpaired) electrons. The number of nitrogens with zero attached hydrogens (tertiary/aromatic N) is 8. The number of aliphatic imine (C=N–C) groups is 3. The van der Waals surface area contributed by atoms with Crippen molar-refractivity contribution < 1.29 is 14.3 Å². The smallest absolute Gasteiger partial charge is 0.276 e. The average Bonchev–Trinajstić information content (AvgIpc) is 3.72. The summed E-state index contributed by atoms with van der Waals surface area (Å²) in [5, 5.41) is 23.7. The summed E-state index contributed by atoms with van der Waals surface area (Å²) in [6.45, 7) is 4.75. The van der Waals surface area contributed by atoms with Gasteiger partial charge in [0.1, 0.15) is 24.0 Å². The Labute approximate surface area is 408 Å². The second-order valence-corrected chi connectivity index (χ2v) is 17.4. The summed E-state index contributed by atoms with van der Waals surface area (Å²) in [5.74, 6) is 1.60. The molecule has 11 nitrogen and oxygen atoms in total. The zero-order chi connectivity index (χ0) is 46.9. The van der Waals surface area contributed by atoms with Crippen LogP contribution >= 0.6 is 58.0 Å². The van der Waals surface area contributed by atoms with Gasteiger partial charge in [-0.1, -0.05) is 107 Å². The van der Waals surface area contributed by atoms with Gasteiger partial charge in [0, 0.05) is 58.5 Å². The molecule has 2 aromatic heterocycles. The van der Waals surface area contributed by atoms with Gasteiger partial charge in [0.05, 0.1) is 52.6 Å². The number of aliphatic hydroxyl groups excluding tert-OH is 1. The quantitative estimate of drug-likeness (QED) is 0.182. The van der Waals surface area contributed by atoms with Gasteiger partial charge in [0.25, 0.3) is 5.91 Å². The highest BCUT2D eigenvalue weighted by atomic mass is 35.5. The zero-order valence-electron chi connectivity index (χ0n) is 35.4. The fraction of sp³-hybridized carbons (Fsp3) is 0.100. The predicted molar refractivity (Wildman–Crippen MR) is 264 cm³/mol. The standard InChI is InChI=1S/C18H13ClFN3.C17H12Cl2N4.C15H10Cl2N2O2/c1-11-21-9-13-10-22-18(14-4-2-3-5-16(14)20)15-8-12(19)6-7-17(15)23(11)13;1-10-21-22-16-9-20-17(12-4-2-3-5-14(12)19)13-8-11(18)6-7-15(13)23(10)16;16-8-5-6-12-10(7-8)13(19-15(21)14(20)18-12)9-3-1-2-4-11(9)17/h2-9H,10H2,1H3;2-8H,9H2,1H3;1-7,15,21H,(H,18,20). The Kier molecular flexibility index (Phi) is 13.2. The molecule has 0 spiro atoms. The minimum atomic E-state index is -1.50. The third-order valence-electron chi connectivity index (χ3n) is 11.0. The van der Waals surface area contributed by atoms with Crippen LogP contribution in [-0.4, -0.2) is 58.7 Å². The summed E-state index contributed by atoms with van der Waals surface area (Å²) in [7, 11) is 0. The average molecular weight is 990 g/mol. The summed E-state index contributed by atoms with van der Waals surface area (Å²) in [6.07, 6.45) is 0.309. The lowest BCUT2D eigenvalue weighted by Crippen LogP contribution is -2.24. The van der Waals surface area contributed by atoms with Gasteiger partial charge < -0.3 is 10.4 Å². The SMILES string of the molecule is Cc1ncc2n1-c1ccc(Cl)cc1C(c1ccccc1F)=NC2.Cc1nnc2n1-c1ccc(Cl)cc1C(c1ccccc1Cl)=NC2.O=C1Nc2ccc(Cl)cc2C(c2ccccc2Cl)=NC1O. The summed E-state index contributed by atoms with van der Waals surface area (Å²) < 4.78 is 18.4. The van der Waals surface area contributed by atoms with E-state index in [2.05, 4.69) is 30.5 Å². The number of amides is 1. The number of aliphatic hydroxyl groups is 1. The van der Waals surface area contributed by atoms with Crippen molar-refractivity contribution >= 4 is 86.7 Å². The molecule has 0 saturated carbocycles. The number of fused-ring (bicyclic) bond motifs is 7. The lowest BCUT2D eigenvalue weighted by atomic mass is 10.00. The largest absolute Gasteiger partial charge is 0.364 e. The van der Waals surface area contributed by atoms with Crippen LogP contribution in [0.15, 0.2) is 149 Å². The van der Waals surface area contributed by atoms with Crippen LogP contribution in [0.25, 0.3) is 11.4 Å². The van der Waals surface area contributed by atoms with Crippen LogP contribution in [0.3, 0.4) is 0 Å². The highest BCUT2D eigenvalue weighted by Gasteiger charge is 2.27. The normalized spacial score (nSPS) is 14.5. The number of nitrogens with one attached hydrogen (secondary N) is 1. The van der Waals surface area contributed by atoms with Crippen molar-refractivity contribution in [3.8, 4) is 11.4 Å². The maximum Gasteiger partial charge on any atom is 0.276 e. The molecule has 11 rings (SSSR count). The lowest BCUT2D eigenvalue weighted by Gasteiger charge is -2.14. The topological polar surface area (TPSA) is 135 Å². The van der Waals surface area contributed by atoms with Crippen molar-refractivity contribution in [2.45, 2.75) is 33.2 Å². The molecule has 5 heterocycles. The Bertz CT molecular complexity index is 3190. The third-order valence-corrected chi connectivity index (χ3v) is 12.3. The number of carbonyl (C=O) groups is 1. The number of aromatic nitrogens is 5.